The maximum atomic E-state index is 11.8. The van der Waals surface area contributed by atoms with Crippen molar-refractivity contribution < 1.29 is 4.79 Å². The van der Waals surface area contributed by atoms with Crippen LogP contribution >= 0.6 is 15.9 Å². The van der Waals surface area contributed by atoms with E-state index in [0.717, 1.165) is 9.99 Å². The third-order valence-corrected chi connectivity index (χ3v) is 2.82. The normalized spacial score (nSPS) is 13.0. The van der Waals surface area contributed by atoms with Gasteiger partial charge in [0, 0.05) is 10.9 Å². The summed E-state index contributed by atoms with van der Waals surface area (Å²) in [5.74, 6) is -0.0976. The van der Waals surface area contributed by atoms with Gasteiger partial charge in [-0.2, -0.15) is 5.10 Å². The molecule has 78 valence electrons. The molecule has 0 radical (unpaired) electrons. The lowest BCUT2D eigenvalue weighted by atomic mass is 10.0. The van der Waals surface area contributed by atoms with E-state index in [4.69, 9.17) is 5.73 Å². The first kappa shape index (κ1) is 10.3. The SMILES string of the molecule is CC(N)C(=O)c1cccc2c(Br)[nH]nc12. The van der Waals surface area contributed by atoms with Crippen LogP contribution in [0.4, 0.5) is 0 Å². The Bertz CT molecular complexity index is 518. The Kier molecular flexibility index (Phi) is 2.58. The van der Waals surface area contributed by atoms with Crippen molar-refractivity contribution in [3.63, 3.8) is 0 Å². The molecule has 1 aromatic heterocycles. The van der Waals surface area contributed by atoms with Gasteiger partial charge in [-0.05, 0) is 35.0 Å². The molecule has 1 aromatic carbocycles. The Morgan fingerprint density at radius 2 is 2.33 bits per heavy atom. The number of benzene rings is 1. The van der Waals surface area contributed by atoms with Gasteiger partial charge >= 0.3 is 0 Å². The van der Waals surface area contributed by atoms with Crippen LogP contribution in [0.25, 0.3) is 10.9 Å². The highest BCUT2D eigenvalue weighted by Crippen LogP contribution is 2.24. The molecule has 2 rings (SSSR count). The first-order valence-corrected chi connectivity index (χ1v) is 5.33. The van der Waals surface area contributed by atoms with Crippen molar-refractivity contribution in [2.75, 3.05) is 0 Å². The molecule has 0 spiro atoms. The van der Waals surface area contributed by atoms with Crippen molar-refractivity contribution >= 4 is 32.6 Å². The monoisotopic (exact) mass is 267 g/mol. The van der Waals surface area contributed by atoms with Crippen LogP contribution in [-0.4, -0.2) is 22.0 Å². The molecule has 0 fully saturated rings. The van der Waals surface area contributed by atoms with Crippen molar-refractivity contribution in [1.82, 2.24) is 10.2 Å². The zero-order chi connectivity index (χ0) is 11.0. The quantitative estimate of drug-likeness (QED) is 0.816. The molecule has 1 atom stereocenters. The predicted octanol–water partition coefficient (Wildman–Crippen LogP) is 1.86. The summed E-state index contributed by atoms with van der Waals surface area (Å²) in [5, 5.41) is 7.75. The molecule has 5 heteroatoms. The maximum Gasteiger partial charge on any atom is 0.181 e. The van der Waals surface area contributed by atoms with Gasteiger partial charge in [-0.3, -0.25) is 9.89 Å². The van der Waals surface area contributed by atoms with E-state index < -0.39 is 6.04 Å². The number of halogens is 1. The number of para-hydroxylation sites is 1. The molecule has 1 heterocycles. The minimum atomic E-state index is -0.508. The summed E-state index contributed by atoms with van der Waals surface area (Å²) >= 11 is 3.33. The third-order valence-electron chi connectivity index (χ3n) is 2.22. The van der Waals surface area contributed by atoms with Gasteiger partial charge in [0.2, 0.25) is 0 Å². The van der Waals surface area contributed by atoms with Crippen molar-refractivity contribution in [2.24, 2.45) is 5.73 Å². The number of aromatic amines is 1. The van der Waals surface area contributed by atoms with E-state index in [-0.39, 0.29) is 5.78 Å². The summed E-state index contributed by atoms with van der Waals surface area (Å²) in [4.78, 5) is 11.8. The fourth-order valence-corrected chi connectivity index (χ4v) is 1.86. The van der Waals surface area contributed by atoms with Crippen LogP contribution in [0.2, 0.25) is 0 Å². The predicted molar refractivity (Wildman–Crippen MR) is 61.8 cm³/mol. The molecule has 0 bridgehead atoms. The molecular formula is C10H10BrN3O. The van der Waals surface area contributed by atoms with E-state index in [1.807, 2.05) is 12.1 Å². The maximum absolute atomic E-state index is 11.8. The van der Waals surface area contributed by atoms with Crippen LogP contribution in [0.1, 0.15) is 17.3 Å². The van der Waals surface area contributed by atoms with Crippen LogP contribution in [0.5, 0.6) is 0 Å². The highest BCUT2D eigenvalue weighted by Gasteiger charge is 2.16. The third kappa shape index (κ3) is 1.68. The summed E-state index contributed by atoms with van der Waals surface area (Å²) in [6.07, 6.45) is 0. The van der Waals surface area contributed by atoms with E-state index in [2.05, 4.69) is 26.1 Å². The number of aromatic nitrogens is 2. The van der Waals surface area contributed by atoms with Crippen LogP contribution in [0.3, 0.4) is 0 Å². The largest absolute Gasteiger partial charge is 0.321 e. The minimum Gasteiger partial charge on any atom is -0.321 e. The molecule has 0 amide bonds. The first-order chi connectivity index (χ1) is 7.11. The second-order valence-corrected chi connectivity index (χ2v) is 4.19. The van der Waals surface area contributed by atoms with Crippen molar-refractivity contribution in [3.05, 3.63) is 28.4 Å². The number of ketones is 1. The average molecular weight is 268 g/mol. The number of H-pyrrole nitrogens is 1. The molecule has 3 N–H and O–H groups in total. The van der Waals surface area contributed by atoms with Gasteiger partial charge in [0.05, 0.1) is 6.04 Å². The number of rotatable bonds is 2. The van der Waals surface area contributed by atoms with Gasteiger partial charge in [0.15, 0.2) is 5.78 Å². The second-order valence-electron chi connectivity index (χ2n) is 3.39. The summed E-state index contributed by atoms with van der Waals surface area (Å²) in [6.45, 7) is 1.67. The molecule has 0 saturated carbocycles. The van der Waals surface area contributed by atoms with Crippen LogP contribution in [-0.2, 0) is 0 Å². The van der Waals surface area contributed by atoms with Gasteiger partial charge in [0.1, 0.15) is 10.1 Å². The number of carbonyl (C=O) groups is 1. The first-order valence-electron chi connectivity index (χ1n) is 4.53. The number of nitrogens with zero attached hydrogens (tertiary/aromatic N) is 1. The lowest BCUT2D eigenvalue weighted by Crippen LogP contribution is -2.26. The highest BCUT2D eigenvalue weighted by atomic mass is 79.9. The van der Waals surface area contributed by atoms with E-state index in [1.54, 1.807) is 13.0 Å². The Morgan fingerprint density at radius 1 is 1.60 bits per heavy atom. The van der Waals surface area contributed by atoms with Crippen LogP contribution < -0.4 is 5.73 Å². The smallest absolute Gasteiger partial charge is 0.181 e. The summed E-state index contributed by atoms with van der Waals surface area (Å²) < 4.78 is 0.775. The summed E-state index contributed by atoms with van der Waals surface area (Å²) in [6, 6.07) is 4.94. The lowest BCUT2D eigenvalue weighted by molar-refractivity contribution is 0.0969. The number of nitrogens with two attached hydrogens (primary N) is 1. The number of nitrogens with one attached hydrogen (secondary N) is 1. The molecular weight excluding hydrogens is 258 g/mol. The van der Waals surface area contributed by atoms with E-state index in [0.29, 0.717) is 11.1 Å². The summed E-state index contributed by atoms with van der Waals surface area (Å²) in [7, 11) is 0. The Morgan fingerprint density at radius 3 is 3.00 bits per heavy atom. The van der Waals surface area contributed by atoms with E-state index in [1.165, 1.54) is 0 Å². The molecule has 2 aromatic rings. The van der Waals surface area contributed by atoms with Crippen LogP contribution in [0, 0.1) is 0 Å². The fourth-order valence-electron chi connectivity index (χ4n) is 1.45. The van der Waals surface area contributed by atoms with Gasteiger partial charge in [-0.1, -0.05) is 6.07 Å². The van der Waals surface area contributed by atoms with Crippen molar-refractivity contribution in [1.29, 1.82) is 0 Å². The minimum absolute atomic E-state index is 0.0976. The number of fused-ring (bicyclic) bond motifs is 1. The second kappa shape index (κ2) is 3.75. The van der Waals surface area contributed by atoms with E-state index in [9.17, 15) is 4.79 Å². The number of hydrogen-bond donors (Lipinski definition) is 2. The molecule has 1 unspecified atom stereocenters. The van der Waals surface area contributed by atoms with Crippen molar-refractivity contribution in [2.45, 2.75) is 13.0 Å². The zero-order valence-electron chi connectivity index (χ0n) is 8.12. The Hall–Kier alpha value is -1.20. The van der Waals surface area contributed by atoms with Gasteiger partial charge in [0.25, 0.3) is 0 Å². The molecule has 4 nitrogen and oxygen atoms in total. The molecule has 15 heavy (non-hydrogen) atoms. The number of hydrogen-bond acceptors (Lipinski definition) is 3. The topological polar surface area (TPSA) is 71.8 Å². The Labute approximate surface area is 95.0 Å². The average Bonchev–Trinajstić information content (AvgIpc) is 2.59. The van der Waals surface area contributed by atoms with E-state index >= 15 is 0 Å². The lowest BCUT2D eigenvalue weighted by Gasteiger charge is -2.04. The standard InChI is InChI=1S/C10H10BrN3O/c1-5(12)9(15)6-3-2-4-7-8(6)13-14-10(7)11/h2-5H,12H2,1H3,(H,13,14). The van der Waals surface area contributed by atoms with Crippen molar-refractivity contribution in [3.8, 4) is 0 Å². The summed E-state index contributed by atoms with van der Waals surface area (Å²) in [5.41, 5.74) is 6.79. The van der Waals surface area contributed by atoms with Gasteiger partial charge in [-0.15, -0.1) is 0 Å². The highest BCUT2D eigenvalue weighted by molar-refractivity contribution is 9.10. The fraction of sp³-hybridized carbons (Fsp3) is 0.200. The Balaban J connectivity index is 2.66. The molecule has 0 aliphatic heterocycles. The van der Waals surface area contributed by atoms with Gasteiger partial charge < -0.3 is 5.73 Å². The zero-order valence-corrected chi connectivity index (χ0v) is 9.71. The van der Waals surface area contributed by atoms with Gasteiger partial charge in [-0.25, -0.2) is 0 Å². The van der Waals surface area contributed by atoms with Crippen LogP contribution in [0.15, 0.2) is 22.8 Å². The number of Topliss-reactive ketones (excluding diaryl/α,β-unsaturated/α-hetero) is 1. The molecule has 0 aliphatic carbocycles. The number of carbonyl (C=O) groups excluding carboxylic acids is 1. The molecule has 0 aliphatic rings. The molecule has 0 saturated heterocycles.